The summed E-state index contributed by atoms with van der Waals surface area (Å²) in [6, 6.07) is 0. The van der Waals surface area contributed by atoms with Crippen molar-refractivity contribution in [2.45, 2.75) is 31.7 Å². The average Bonchev–Trinajstić information content (AvgIpc) is 3.06. The third-order valence-corrected chi connectivity index (χ3v) is 2.95. The van der Waals surface area contributed by atoms with Gasteiger partial charge in [-0.25, -0.2) is 4.79 Å². The maximum atomic E-state index is 11.4. The quantitative estimate of drug-likeness (QED) is 0.507. The maximum Gasteiger partial charge on any atom is 0.328 e. The number of ether oxygens (including phenoxy) is 2. The highest BCUT2D eigenvalue weighted by molar-refractivity contribution is 5.80. The minimum atomic E-state index is -0.724. The van der Waals surface area contributed by atoms with E-state index in [0.717, 1.165) is 18.9 Å². The average molecular weight is 215 g/mol. The first kappa shape index (κ1) is 12.5. The molecule has 88 valence electrons. The lowest BCUT2D eigenvalue weighted by Crippen LogP contribution is -2.52. The molecule has 1 rings (SSSR count). The standard InChI is InChI=1S/C11H21NO3/c1-11(12-2,10(13)14-3)8-15-7-6-9-4-5-9/h9,12H,4-8H2,1-3H3. The maximum absolute atomic E-state index is 11.4. The van der Waals surface area contributed by atoms with E-state index in [1.807, 2.05) is 0 Å². The number of carbonyl (C=O) groups excluding carboxylic acids is 1. The summed E-state index contributed by atoms with van der Waals surface area (Å²) < 4.78 is 10.2. The smallest absolute Gasteiger partial charge is 0.328 e. The van der Waals surface area contributed by atoms with E-state index < -0.39 is 5.54 Å². The third kappa shape index (κ3) is 3.80. The van der Waals surface area contributed by atoms with Crippen molar-refractivity contribution in [3.05, 3.63) is 0 Å². The van der Waals surface area contributed by atoms with Gasteiger partial charge in [0.25, 0.3) is 0 Å². The van der Waals surface area contributed by atoms with Gasteiger partial charge in [0.1, 0.15) is 5.54 Å². The minimum absolute atomic E-state index is 0.281. The van der Waals surface area contributed by atoms with Crippen molar-refractivity contribution in [3.8, 4) is 0 Å². The molecule has 1 unspecified atom stereocenters. The zero-order chi connectivity index (χ0) is 11.3. The first-order chi connectivity index (χ1) is 7.12. The van der Waals surface area contributed by atoms with Gasteiger partial charge in [-0.3, -0.25) is 0 Å². The summed E-state index contributed by atoms with van der Waals surface area (Å²) in [6.45, 7) is 2.89. The lowest BCUT2D eigenvalue weighted by molar-refractivity contribution is -0.150. The number of esters is 1. The van der Waals surface area contributed by atoms with E-state index in [4.69, 9.17) is 9.47 Å². The molecule has 1 saturated carbocycles. The van der Waals surface area contributed by atoms with Crippen molar-refractivity contribution in [2.75, 3.05) is 27.4 Å². The number of likely N-dealkylation sites (N-methyl/N-ethyl adjacent to an activating group) is 1. The van der Waals surface area contributed by atoms with Crippen LogP contribution in [0.3, 0.4) is 0 Å². The molecule has 1 atom stereocenters. The Labute approximate surface area is 91.3 Å². The van der Waals surface area contributed by atoms with E-state index in [-0.39, 0.29) is 5.97 Å². The molecule has 0 aromatic carbocycles. The Hall–Kier alpha value is -0.610. The molecule has 1 aliphatic rings. The van der Waals surface area contributed by atoms with Crippen LogP contribution in [-0.4, -0.2) is 38.9 Å². The Morgan fingerprint density at radius 1 is 1.53 bits per heavy atom. The van der Waals surface area contributed by atoms with Gasteiger partial charge in [-0.05, 0) is 26.3 Å². The second kappa shape index (κ2) is 5.47. The van der Waals surface area contributed by atoms with Gasteiger partial charge in [-0.2, -0.15) is 0 Å². The number of carbonyl (C=O) groups is 1. The molecule has 4 nitrogen and oxygen atoms in total. The number of rotatable bonds is 7. The van der Waals surface area contributed by atoms with Crippen molar-refractivity contribution in [1.29, 1.82) is 0 Å². The van der Waals surface area contributed by atoms with Gasteiger partial charge in [0.2, 0.25) is 0 Å². The Balaban J connectivity index is 2.21. The highest BCUT2D eigenvalue weighted by atomic mass is 16.5. The van der Waals surface area contributed by atoms with Gasteiger partial charge in [-0.15, -0.1) is 0 Å². The Morgan fingerprint density at radius 2 is 2.20 bits per heavy atom. The van der Waals surface area contributed by atoms with Gasteiger partial charge >= 0.3 is 5.97 Å². The molecule has 0 amide bonds. The van der Waals surface area contributed by atoms with Crippen LogP contribution >= 0.6 is 0 Å². The summed E-state index contributed by atoms with van der Waals surface area (Å²) in [6.07, 6.45) is 3.79. The SMILES string of the molecule is CNC(C)(COCCC1CC1)C(=O)OC. The highest BCUT2D eigenvalue weighted by Gasteiger charge is 2.33. The molecule has 0 aromatic heterocycles. The fourth-order valence-corrected chi connectivity index (χ4v) is 1.39. The van der Waals surface area contributed by atoms with Gasteiger partial charge in [0, 0.05) is 6.61 Å². The molecular weight excluding hydrogens is 194 g/mol. The van der Waals surface area contributed by atoms with Gasteiger partial charge in [0.05, 0.1) is 13.7 Å². The van der Waals surface area contributed by atoms with E-state index in [2.05, 4.69) is 5.32 Å². The van der Waals surface area contributed by atoms with Crippen LogP contribution in [0.25, 0.3) is 0 Å². The lowest BCUT2D eigenvalue weighted by Gasteiger charge is -2.25. The molecule has 0 aliphatic heterocycles. The van der Waals surface area contributed by atoms with Crippen LogP contribution in [0.4, 0.5) is 0 Å². The second-order valence-electron chi connectivity index (χ2n) is 4.36. The second-order valence-corrected chi connectivity index (χ2v) is 4.36. The van der Waals surface area contributed by atoms with Gasteiger partial charge in [0.15, 0.2) is 0 Å². The molecule has 0 saturated heterocycles. The van der Waals surface area contributed by atoms with Crippen LogP contribution in [0.5, 0.6) is 0 Å². The van der Waals surface area contributed by atoms with Crippen LogP contribution in [0.2, 0.25) is 0 Å². The van der Waals surface area contributed by atoms with Gasteiger partial charge in [-0.1, -0.05) is 12.8 Å². The van der Waals surface area contributed by atoms with Crippen LogP contribution in [0.15, 0.2) is 0 Å². The van der Waals surface area contributed by atoms with Crippen molar-refractivity contribution in [2.24, 2.45) is 5.92 Å². The molecule has 1 N–H and O–H groups in total. The van der Waals surface area contributed by atoms with Crippen molar-refractivity contribution >= 4 is 5.97 Å². The Bertz CT molecular complexity index is 216. The Kier molecular flexibility index (Phi) is 4.54. The summed E-state index contributed by atoms with van der Waals surface area (Å²) in [5.74, 6) is 0.584. The van der Waals surface area contributed by atoms with Crippen molar-refractivity contribution in [1.82, 2.24) is 5.32 Å². The zero-order valence-corrected chi connectivity index (χ0v) is 9.84. The van der Waals surface area contributed by atoms with E-state index >= 15 is 0 Å². The fraction of sp³-hybridized carbons (Fsp3) is 0.909. The minimum Gasteiger partial charge on any atom is -0.468 e. The molecule has 0 radical (unpaired) electrons. The lowest BCUT2D eigenvalue weighted by atomic mass is 10.1. The van der Waals surface area contributed by atoms with E-state index in [0.29, 0.717) is 6.61 Å². The van der Waals surface area contributed by atoms with Crippen LogP contribution in [0, 0.1) is 5.92 Å². The summed E-state index contributed by atoms with van der Waals surface area (Å²) >= 11 is 0. The molecule has 0 aromatic rings. The van der Waals surface area contributed by atoms with Crippen LogP contribution in [0.1, 0.15) is 26.2 Å². The first-order valence-electron chi connectivity index (χ1n) is 5.47. The molecule has 4 heteroatoms. The molecule has 0 heterocycles. The summed E-state index contributed by atoms with van der Waals surface area (Å²) in [7, 11) is 3.13. The fourth-order valence-electron chi connectivity index (χ4n) is 1.39. The predicted octanol–water partition coefficient (Wildman–Crippen LogP) is 0.954. The number of hydrogen-bond donors (Lipinski definition) is 1. The number of nitrogens with one attached hydrogen (secondary N) is 1. The molecule has 0 spiro atoms. The normalized spacial score (nSPS) is 19.7. The Morgan fingerprint density at radius 3 is 2.67 bits per heavy atom. The van der Waals surface area contributed by atoms with Gasteiger partial charge < -0.3 is 14.8 Å². The van der Waals surface area contributed by atoms with E-state index in [1.165, 1.54) is 20.0 Å². The number of hydrogen-bond acceptors (Lipinski definition) is 4. The first-order valence-corrected chi connectivity index (χ1v) is 5.47. The zero-order valence-electron chi connectivity index (χ0n) is 9.84. The van der Waals surface area contributed by atoms with Crippen molar-refractivity contribution < 1.29 is 14.3 Å². The monoisotopic (exact) mass is 215 g/mol. The number of methoxy groups -OCH3 is 1. The summed E-state index contributed by atoms with van der Waals surface area (Å²) in [4.78, 5) is 11.4. The third-order valence-electron chi connectivity index (χ3n) is 2.95. The van der Waals surface area contributed by atoms with Crippen LogP contribution < -0.4 is 5.32 Å². The highest BCUT2D eigenvalue weighted by Crippen LogP contribution is 2.32. The van der Waals surface area contributed by atoms with Crippen LogP contribution in [-0.2, 0) is 14.3 Å². The molecule has 15 heavy (non-hydrogen) atoms. The van der Waals surface area contributed by atoms with E-state index in [1.54, 1.807) is 14.0 Å². The predicted molar refractivity (Wildman–Crippen MR) is 57.6 cm³/mol. The topological polar surface area (TPSA) is 47.6 Å². The summed E-state index contributed by atoms with van der Waals surface area (Å²) in [5, 5.41) is 2.93. The largest absolute Gasteiger partial charge is 0.468 e. The molecule has 1 aliphatic carbocycles. The molecule has 0 bridgehead atoms. The molecule has 1 fully saturated rings. The summed E-state index contributed by atoms with van der Waals surface area (Å²) in [5.41, 5.74) is -0.724. The van der Waals surface area contributed by atoms with Crippen molar-refractivity contribution in [3.63, 3.8) is 0 Å². The van der Waals surface area contributed by atoms with E-state index in [9.17, 15) is 4.79 Å². The molecular formula is C11H21NO3.